The second kappa shape index (κ2) is 11.2. The highest BCUT2D eigenvalue weighted by Gasteiger charge is 2.56. The lowest BCUT2D eigenvalue weighted by Crippen LogP contribution is -2.43. The number of hydrogen-bond acceptors (Lipinski definition) is 9. The molecule has 0 bridgehead atoms. The van der Waals surface area contributed by atoms with Crippen LogP contribution in [-0.2, 0) is 23.4 Å². The van der Waals surface area contributed by atoms with Gasteiger partial charge in [0, 0.05) is 11.9 Å². The van der Waals surface area contributed by atoms with E-state index in [9.17, 15) is 19.3 Å². The molecule has 0 saturated carbocycles. The van der Waals surface area contributed by atoms with Crippen molar-refractivity contribution in [3.63, 3.8) is 0 Å². The van der Waals surface area contributed by atoms with Gasteiger partial charge in [0.25, 0.3) is 0 Å². The summed E-state index contributed by atoms with van der Waals surface area (Å²) in [6.45, 7) is 6.85. The molecule has 6 atom stereocenters. The molecule has 2 N–H and O–H groups in total. The Labute approximate surface area is 208 Å². The molecule has 1 aliphatic heterocycles. The van der Waals surface area contributed by atoms with Crippen LogP contribution < -0.4 is 15.3 Å². The maximum absolute atomic E-state index is 15.5. The van der Waals surface area contributed by atoms with Crippen molar-refractivity contribution in [1.29, 1.82) is 0 Å². The number of ether oxygens (including phenoxy) is 2. The molecule has 2 heterocycles. The van der Waals surface area contributed by atoms with E-state index in [1.165, 1.54) is 31.3 Å². The van der Waals surface area contributed by atoms with Crippen molar-refractivity contribution in [2.24, 2.45) is 0 Å². The molecule has 1 fully saturated rings. The summed E-state index contributed by atoms with van der Waals surface area (Å²) < 4.78 is 51.8. The van der Waals surface area contributed by atoms with E-state index in [1.807, 2.05) is 0 Å². The lowest BCUT2D eigenvalue weighted by atomic mass is 9.98. The van der Waals surface area contributed by atoms with Crippen LogP contribution in [0, 0.1) is 6.92 Å². The van der Waals surface area contributed by atoms with Gasteiger partial charge in [0.05, 0.1) is 12.7 Å². The third-order valence-electron chi connectivity index (χ3n) is 5.37. The normalized spacial score (nSPS) is 26.4. The number of rotatable bonds is 10. The molecule has 0 amide bonds. The number of carbonyl (C=O) groups excluding carboxylic acids is 1. The van der Waals surface area contributed by atoms with Crippen molar-refractivity contribution in [2.45, 2.75) is 70.9 Å². The van der Waals surface area contributed by atoms with Crippen LogP contribution in [0.5, 0.6) is 5.75 Å². The number of aromatic nitrogens is 2. The van der Waals surface area contributed by atoms with E-state index < -0.39 is 62.3 Å². The van der Waals surface area contributed by atoms with Gasteiger partial charge in [0.2, 0.25) is 0 Å². The molecule has 3 rings (SSSR count). The van der Waals surface area contributed by atoms with Gasteiger partial charge in [-0.3, -0.25) is 13.9 Å². The first-order chi connectivity index (χ1) is 16.8. The summed E-state index contributed by atoms with van der Waals surface area (Å²) in [6.07, 6.45) is -3.67. The topological polar surface area (TPSA) is 138 Å². The number of nitrogens with one attached hydrogen (secondary N) is 1. The molecule has 1 aliphatic rings. The molecule has 13 heteroatoms. The highest BCUT2D eigenvalue weighted by molar-refractivity contribution is 7.52. The van der Waals surface area contributed by atoms with E-state index >= 15 is 4.39 Å². The number of carbonyl (C=O) groups is 1. The fourth-order valence-corrected chi connectivity index (χ4v) is 5.03. The quantitative estimate of drug-likeness (QED) is 0.350. The minimum atomic E-state index is -4.27. The number of aliphatic hydroxyl groups excluding tert-OH is 1. The van der Waals surface area contributed by atoms with E-state index in [1.54, 1.807) is 39.0 Å². The van der Waals surface area contributed by atoms with Gasteiger partial charge in [-0.1, -0.05) is 18.2 Å². The van der Waals surface area contributed by atoms with E-state index in [0.29, 0.717) is 5.69 Å². The molecule has 1 saturated heterocycles. The Morgan fingerprint density at radius 2 is 1.97 bits per heavy atom. The maximum atomic E-state index is 15.5. The van der Waals surface area contributed by atoms with Crippen molar-refractivity contribution in [3.8, 4) is 5.75 Å². The summed E-state index contributed by atoms with van der Waals surface area (Å²) in [4.78, 5) is 28.3. The predicted molar refractivity (Wildman–Crippen MR) is 127 cm³/mol. The minimum absolute atomic E-state index is 0.177. The van der Waals surface area contributed by atoms with E-state index in [-0.39, 0.29) is 5.75 Å². The summed E-state index contributed by atoms with van der Waals surface area (Å²) in [6, 6.07) is 8.48. The Morgan fingerprint density at radius 3 is 2.58 bits per heavy atom. The van der Waals surface area contributed by atoms with Crippen LogP contribution in [0.1, 0.15) is 39.6 Å². The molecule has 1 aromatic carbocycles. The Balaban J connectivity index is 1.79. The molecule has 1 aromatic heterocycles. The zero-order valence-corrected chi connectivity index (χ0v) is 21.6. The highest BCUT2D eigenvalue weighted by Crippen LogP contribution is 2.47. The first-order valence-electron chi connectivity index (χ1n) is 11.4. The van der Waals surface area contributed by atoms with Gasteiger partial charge < -0.3 is 19.1 Å². The van der Waals surface area contributed by atoms with Crippen LogP contribution in [0.4, 0.5) is 4.39 Å². The standard InChI is InChI=1S/C23H31FN3O8P/c1-14(2)33-20(29)16(4)26-36(31,35-17-9-7-6-8-10-17)32-13-18-19(28)23(5,24)21(34-18)27-12-11-15(3)25-22(27)30/h6-12,14,16,18-19,21,28H,13H2,1-5H3,(H,26,31)/t16-,18?,19+,21+,23+,36-/m0/s1. The highest BCUT2D eigenvalue weighted by atomic mass is 31.2. The van der Waals surface area contributed by atoms with Crippen LogP contribution >= 0.6 is 7.75 Å². The Bertz CT molecular complexity index is 1160. The number of halogens is 1. The smallest absolute Gasteiger partial charge is 0.459 e. The monoisotopic (exact) mass is 527 g/mol. The Hall–Kier alpha value is -2.63. The van der Waals surface area contributed by atoms with E-state index in [2.05, 4.69) is 10.1 Å². The van der Waals surface area contributed by atoms with Crippen molar-refractivity contribution < 1.29 is 37.4 Å². The summed E-state index contributed by atoms with van der Waals surface area (Å²) in [7, 11) is -4.27. The third kappa shape index (κ3) is 6.57. The summed E-state index contributed by atoms with van der Waals surface area (Å²) in [5, 5.41) is 13.1. The number of nitrogens with zero attached hydrogens (tertiary/aromatic N) is 2. The minimum Gasteiger partial charge on any atom is -0.462 e. The average molecular weight is 527 g/mol. The summed E-state index contributed by atoms with van der Waals surface area (Å²) in [5.74, 6) is -0.513. The number of esters is 1. The second-order valence-corrected chi connectivity index (χ2v) is 10.6. The Kier molecular flexibility index (Phi) is 8.68. The maximum Gasteiger partial charge on any atom is 0.459 e. The molecule has 2 aromatic rings. The van der Waals surface area contributed by atoms with Crippen LogP contribution in [0.2, 0.25) is 0 Å². The number of alkyl halides is 1. The van der Waals surface area contributed by atoms with E-state index in [0.717, 1.165) is 11.5 Å². The first kappa shape index (κ1) is 27.9. The second-order valence-electron chi connectivity index (χ2n) is 8.92. The van der Waals surface area contributed by atoms with Gasteiger partial charge in [-0.05, 0) is 52.8 Å². The zero-order chi connectivity index (χ0) is 26.7. The molecule has 0 radical (unpaired) electrons. The lowest BCUT2D eigenvalue weighted by Gasteiger charge is -2.25. The van der Waals surface area contributed by atoms with Gasteiger partial charge in [-0.15, -0.1) is 0 Å². The van der Waals surface area contributed by atoms with Gasteiger partial charge in [0.1, 0.15) is 24.0 Å². The fraction of sp³-hybridized carbons (Fsp3) is 0.522. The van der Waals surface area contributed by atoms with Gasteiger partial charge in [-0.2, -0.15) is 10.1 Å². The van der Waals surface area contributed by atoms with Crippen molar-refractivity contribution in [1.82, 2.24) is 14.6 Å². The molecule has 198 valence electrons. The molecule has 1 unspecified atom stereocenters. The number of para-hydroxylation sites is 1. The number of benzene rings is 1. The van der Waals surface area contributed by atoms with Crippen LogP contribution in [0.15, 0.2) is 47.4 Å². The van der Waals surface area contributed by atoms with Crippen LogP contribution in [0.3, 0.4) is 0 Å². The molecule has 0 spiro atoms. The summed E-state index contributed by atoms with van der Waals surface area (Å²) in [5.41, 5.74) is -2.72. The molecular formula is C23H31FN3O8P. The van der Waals surface area contributed by atoms with E-state index in [4.69, 9.17) is 18.5 Å². The first-order valence-corrected chi connectivity index (χ1v) is 12.9. The SMILES string of the molecule is Cc1ccn([C@@H]2OC(CO[P@@](=O)(N[C@@H](C)C(=O)OC(C)C)Oc3ccccc3)[C@@H](O)[C@@]2(C)F)c(=O)n1. The van der Waals surface area contributed by atoms with Crippen LogP contribution in [-0.4, -0.2) is 57.3 Å². The number of hydrogen-bond donors (Lipinski definition) is 2. The van der Waals surface area contributed by atoms with Crippen molar-refractivity contribution >= 4 is 13.7 Å². The molecule has 11 nitrogen and oxygen atoms in total. The van der Waals surface area contributed by atoms with Gasteiger partial charge in [0.15, 0.2) is 11.9 Å². The van der Waals surface area contributed by atoms with Crippen molar-refractivity contribution in [2.75, 3.05) is 6.61 Å². The largest absolute Gasteiger partial charge is 0.462 e. The number of aliphatic hydroxyl groups is 1. The fourth-order valence-electron chi connectivity index (χ4n) is 3.53. The molecule has 36 heavy (non-hydrogen) atoms. The van der Waals surface area contributed by atoms with Crippen LogP contribution in [0.25, 0.3) is 0 Å². The number of aryl methyl sites for hydroxylation is 1. The van der Waals surface area contributed by atoms with Gasteiger partial charge >= 0.3 is 19.4 Å². The Morgan fingerprint density at radius 1 is 1.31 bits per heavy atom. The van der Waals surface area contributed by atoms with Crippen molar-refractivity contribution in [3.05, 3.63) is 58.8 Å². The van der Waals surface area contributed by atoms with Gasteiger partial charge in [-0.25, -0.2) is 13.8 Å². The average Bonchev–Trinajstić information content (AvgIpc) is 3.01. The lowest BCUT2D eigenvalue weighted by molar-refractivity contribution is -0.149. The third-order valence-corrected chi connectivity index (χ3v) is 7.02. The predicted octanol–water partition coefficient (Wildman–Crippen LogP) is 2.67. The molecule has 0 aliphatic carbocycles. The molecular weight excluding hydrogens is 496 g/mol. The summed E-state index contributed by atoms with van der Waals surface area (Å²) >= 11 is 0. The zero-order valence-electron chi connectivity index (χ0n) is 20.7.